The number of hydrogen-bond acceptors (Lipinski definition) is 3. The lowest BCUT2D eigenvalue weighted by molar-refractivity contribution is 0.520. The number of rotatable bonds is 3. The molecule has 104 valence electrons. The van der Waals surface area contributed by atoms with Gasteiger partial charge in [-0.2, -0.15) is 5.10 Å². The molecule has 0 aliphatic carbocycles. The number of aryl methyl sites for hydroxylation is 2. The minimum absolute atomic E-state index is 0.290. The smallest absolute Gasteiger partial charge is 0.135 e. The molecule has 0 saturated carbocycles. The van der Waals surface area contributed by atoms with Crippen LogP contribution in [0.4, 0.5) is 0 Å². The average molecular weight is 334 g/mol. The third kappa shape index (κ3) is 2.17. The molecule has 0 fully saturated rings. The maximum atomic E-state index is 6.33. The molecule has 2 aromatic heterocycles. The van der Waals surface area contributed by atoms with Gasteiger partial charge in [-0.25, -0.2) is 0 Å². The number of furan rings is 1. The van der Waals surface area contributed by atoms with Crippen LogP contribution in [0.1, 0.15) is 29.9 Å². The van der Waals surface area contributed by atoms with E-state index in [-0.39, 0.29) is 6.04 Å². The standard InChI is InChI=1S/C15H16BrN3O/c1-3-19-8-10(7-18-19)14(17)15-9(2)12-5-4-11(16)6-13(12)20-15/h4-8,14H,3,17H2,1-2H3. The predicted molar refractivity (Wildman–Crippen MR) is 82.6 cm³/mol. The van der Waals surface area contributed by atoms with Gasteiger partial charge in [-0.3, -0.25) is 4.68 Å². The Morgan fingerprint density at radius 3 is 2.95 bits per heavy atom. The highest BCUT2D eigenvalue weighted by Crippen LogP contribution is 2.32. The summed E-state index contributed by atoms with van der Waals surface area (Å²) in [7, 11) is 0. The van der Waals surface area contributed by atoms with Gasteiger partial charge in [-0.1, -0.05) is 15.9 Å². The zero-order chi connectivity index (χ0) is 14.3. The molecule has 2 heterocycles. The van der Waals surface area contributed by atoms with Crippen molar-refractivity contribution in [1.29, 1.82) is 0 Å². The van der Waals surface area contributed by atoms with Crippen LogP contribution in [-0.2, 0) is 6.54 Å². The van der Waals surface area contributed by atoms with E-state index in [2.05, 4.69) is 21.0 Å². The Balaban J connectivity index is 2.06. The molecular formula is C15H16BrN3O. The number of aromatic nitrogens is 2. The van der Waals surface area contributed by atoms with Gasteiger partial charge < -0.3 is 10.2 Å². The molecule has 5 heteroatoms. The van der Waals surface area contributed by atoms with Gasteiger partial charge in [-0.05, 0) is 32.0 Å². The fraction of sp³-hybridized carbons (Fsp3) is 0.267. The van der Waals surface area contributed by atoms with Gasteiger partial charge in [-0.15, -0.1) is 0 Å². The second-order valence-electron chi connectivity index (χ2n) is 4.84. The molecule has 20 heavy (non-hydrogen) atoms. The van der Waals surface area contributed by atoms with Crippen LogP contribution in [0, 0.1) is 6.92 Å². The highest BCUT2D eigenvalue weighted by atomic mass is 79.9. The number of nitrogens with two attached hydrogens (primary N) is 1. The summed E-state index contributed by atoms with van der Waals surface area (Å²) in [5.74, 6) is 0.800. The van der Waals surface area contributed by atoms with Crippen LogP contribution in [-0.4, -0.2) is 9.78 Å². The van der Waals surface area contributed by atoms with Crippen LogP contribution in [0.5, 0.6) is 0 Å². The van der Waals surface area contributed by atoms with Gasteiger partial charge in [0.15, 0.2) is 0 Å². The number of benzene rings is 1. The molecule has 0 aliphatic heterocycles. The van der Waals surface area contributed by atoms with Gasteiger partial charge in [0.25, 0.3) is 0 Å². The summed E-state index contributed by atoms with van der Waals surface area (Å²) < 4.78 is 8.81. The van der Waals surface area contributed by atoms with Crippen molar-refractivity contribution in [3.8, 4) is 0 Å². The first-order chi connectivity index (χ1) is 9.60. The van der Waals surface area contributed by atoms with E-state index in [4.69, 9.17) is 10.2 Å². The van der Waals surface area contributed by atoms with E-state index in [0.717, 1.165) is 38.9 Å². The Morgan fingerprint density at radius 1 is 1.45 bits per heavy atom. The fourth-order valence-corrected chi connectivity index (χ4v) is 2.72. The Kier molecular flexibility index (Phi) is 3.40. The lowest BCUT2D eigenvalue weighted by Crippen LogP contribution is -2.11. The third-order valence-corrected chi connectivity index (χ3v) is 4.05. The first kappa shape index (κ1) is 13.4. The highest BCUT2D eigenvalue weighted by molar-refractivity contribution is 9.10. The number of nitrogens with zero attached hydrogens (tertiary/aromatic N) is 2. The van der Waals surface area contributed by atoms with Crippen molar-refractivity contribution in [3.63, 3.8) is 0 Å². The molecule has 1 aromatic carbocycles. The van der Waals surface area contributed by atoms with Gasteiger partial charge in [0, 0.05) is 33.7 Å². The van der Waals surface area contributed by atoms with Gasteiger partial charge in [0.1, 0.15) is 11.3 Å². The molecule has 0 spiro atoms. The number of hydrogen-bond donors (Lipinski definition) is 1. The largest absolute Gasteiger partial charge is 0.459 e. The zero-order valence-corrected chi connectivity index (χ0v) is 13.0. The molecule has 3 rings (SSSR count). The second-order valence-corrected chi connectivity index (χ2v) is 5.75. The summed E-state index contributed by atoms with van der Waals surface area (Å²) in [6.45, 7) is 4.92. The van der Waals surface area contributed by atoms with E-state index in [1.807, 2.05) is 42.9 Å². The van der Waals surface area contributed by atoms with Crippen molar-refractivity contribution in [3.05, 3.63) is 52.0 Å². The molecule has 1 unspecified atom stereocenters. The first-order valence-electron chi connectivity index (χ1n) is 6.56. The van der Waals surface area contributed by atoms with E-state index in [1.54, 1.807) is 6.20 Å². The number of halogens is 1. The molecule has 0 saturated heterocycles. The normalized spacial score (nSPS) is 13.0. The van der Waals surface area contributed by atoms with Crippen molar-refractivity contribution in [1.82, 2.24) is 9.78 Å². The lowest BCUT2D eigenvalue weighted by Gasteiger charge is -2.07. The molecule has 2 N–H and O–H groups in total. The maximum absolute atomic E-state index is 6.33. The Morgan fingerprint density at radius 2 is 2.25 bits per heavy atom. The van der Waals surface area contributed by atoms with Crippen LogP contribution in [0.3, 0.4) is 0 Å². The molecule has 0 bridgehead atoms. The van der Waals surface area contributed by atoms with Crippen molar-refractivity contribution in [2.45, 2.75) is 26.4 Å². The van der Waals surface area contributed by atoms with E-state index in [0.29, 0.717) is 0 Å². The second kappa shape index (κ2) is 5.07. The third-order valence-electron chi connectivity index (χ3n) is 3.56. The van der Waals surface area contributed by atoms with Gasteiger partial charge >= 0.3 is 0 Å². The Labute approximate surface area is 125 Å². The molecular weight excluding hydrogens is 318 g/mol. The predicted octanol–water partition coefficient (Wildman–Crippen LogP) is 3.77. The maximum Gasteiger partial charge on any atom is 0.135 e. The quantitative estimate of drug-likeness (QED) is 0.793. The van der Waals surface area contributed by atoms with Crippen molar-refractivity contribution < 1.29 is 4.42 Å². The topological polar surface area (TPSA) is 57.0 Å². The summed E-state index contributed by atoms with van der Waals surface area (Å²) in [5.41, 5.74) is 9.23. The SMILES string of the molecule is CCn1cc(C(N)c2oc3cc(Br)ccc3c2C)cn1. The van der Waals surface area contributed by atoms with Gasteiger partial charge in [0.2, 0.25) is 0 Å². The van der Waals surface area contributed by atoms with E-state index < -0.39 is 0 Å². The Hall–Kier alpha value is -1.59. The van der Waals surface area contributed by atoms with Crippen LogP contribution in [0.2, 0.25) is 0 Å². The van der Waals surface area contributed by atoms with Crippen LogP contribution in [0.25, 0.3) is 11.0 Å². The van der Waals surface area contributed by atoms with Crippen LogP contribution < -0.4 is 5.73 Å². The summed E-state index contributed by atoms with van der Waals surface area (Å²) in [6.07, 6.45) is 3.77. The summed E-state index contributed by atoms with van der Waals surface area (Å²) in [4.78, 5) is 0. The molecule has 1 atom stereocenters. The lowest BCUT2D eigenvalue weighted by atomic mass is 10.0. The molecule has 0 radical (unpaired) electrons. The van der Waals surface area contributed by atoms with Crippen molar-refractivity contribution in [2.24, 2.45) is 5.73 Å². The van der Waals surface area contributed by atoms with Crippen molar-refractivity contribution in [2.75, 3.05) is 0 Å². The monoisotopic (exact) mass is 333 g/mol. The van der Waals surface area contributed by atoms with Crippen LogP contribution in [0.15, 0.2) is 39.5 Å². The summed E-state index contributed by atoms with van der Waals surface area (Å²) in [5, 5.41) is 5.37. The molecule has 3 aromatic rings. The Bertz CT molecular complexity index is 760. The van der Waals surface area contributed by atoms with E-state index in [9.17, 15) is 0 Å². The van der Waals surface area contributed by atoms with E-state index in [1.165, 1.54) is 0 Å². The van der Waals surface area contributed by atoms with Crippen LogP contribution >= 0.6 is 15.9 Å². The zero-order valence-electron chi connectivity index (χ0n) is 11.4. The number of fused-ring (bicyclic) bond motifs is 1. The van der Waals surface area contributed by atoms with E-state index >= 15 is 0 Å². The minimum atomic E-state index is -0.290. The fourth-order valence-electron chi connectivity index (χ4n) is 2.38. The van der Waals surface area contributed by atoms with Gasteiger partial charge in [0.05, 0.1) is 12.2 Å². The summed E-state index contributed by atoms with van der Waals surface area (Å²) in [6, 6.07) is 5.73. The molecule has 0 aliphatic rings. The highest BCUT2D eigenvalue weighted by Gasteiger charge is 2.20. The minimum Gasteiger partial charge on any atom is -0.459 e. The first-order valence-corrected chi connectivity index (χ1v) is 7.36. The average Bonchev–Trinajstić information content (AvgIpc) is 3.03. The summed E-state index contributed by atoms with van der Waals surface area (Å²) >= 11 is 3.46. The molecule has 0 amide bonds. The van der Waals surface area contributed by atoms with Crippen molar-refractivity contribution >= 4 is 26.9 Å². The molecule has 4 nitrogen and oxygen atoms in total.